The molecule has 1 amide bonds. The lowest BCUT2D eigenvalue weighted by Gasteiger charge is -2.34. The van der Waals surface area contributed by atoms with Gasteiger partial charge in [-0.3, -0.25) is 4.79 Å². The molecule has 1 aliphatic heterocycles. The van der Waals surface area contributed by atoms with E-state index in [2.05, 4.69) is 19.2 Å². The first-order valence-corrected chi connectivity index (χ1v) is 12.8. The van der Waals surface area contributed by atoms with Crippen molar-refractivity contribution in [3.63, 3.8) is 0 Å². The highest BCUT2D eigenvalue weighted by atomic mass is 35.5. The van der Waals surface area contributed by atoms with E-state index < -0.39 is 22.6 Å². The number of hydrogen-bond acceptors (Lipinski definition) is 5. The van der Waals surface area contributed by atoms with Crippen LogP contribution in [0.5, 0.6) is 0 Å². The number of carbonyl (C=O) groups is 2. The Labute approximate surface area is 189 Å². The lowest BCUT2D eigenvalue weighted by atomic mass is 9.78. The number of nitrogens with one attached hydrogen (secondary N) is 1. The molecule has 1 saturated heterocycles. The number of nitrogens with zero attached hydrogens (tertiary/aromatic N) is 1. The van der Waals surface area contributed by atoms with Gasteiger partial charge in [-0.25, -0.2) is 13.2 Å². The predicted molar refractivity (Wildman–Crippen MR) is 118 cm³/mol. The first-order valence-electron chi connectivity index (χ1n) is 11.0. The summed E-state index contributed by atoms with van der Waals surface area (Å²) >= 11 is 6.12. The number of hydrogen-bond donors (Lipinski definition) is 1. The molecular formula is C22H31ClN2O5S. The molecule has 1 aliphatic carbocycles. The molecule has 0 unspecified atom stereocenters. The first-order chi connectivity index (χ1) is 14.7. The van der Waals surface area contributed by atoms with Crippen LogP contribution >= 0.6 is 11.6 Å². The Morgan fingerprint density at radius 1 is 1.13 bits per heavy atom. The predicted octanol–water partition coefficient (Wildman–Crippen LogP) is 3.61. The van der Waals surface area contributed by atoms with E-state index >= 15 is 0 Å². The zero-order chi connectivity index (χ0) is 22.6. The van der Waals surface area contributed by atoms with Crippen molar-refractivity contribution >= 4 is 33.5 Å². The van der Waals surface area contributed by atoms with Gasteiger partial charge in [0.25, 0.3) is 5.91 Å². The molecule has 0 spiro atoms. The molecule has 9 heteroatoms. The van der Waals surface area contributed by atoms with Crippen molar-refractivity contribution in [1.29, 1.82) is 0 Å². The van der Waals surface area contributed by atoms with E-state index in [0.717, 1.165) is 38.5 Å². The van der Waals surface area contributed by atoms with Crippen LogP contribution in [0.15, 0.2) is 23.1 Å². The highest BCUT2D eigenvalue weighted by Crippen LogP contribution is 2.29. The molecular weight excluding hydrogens is 440 g/mol. The van der Waals surface area contributed by atoms with Gasteiger partial charge >= 0.3 is 5.97 Å². The van der Waals surface area contributed by atoms with E-state index in [1.54, 1.807) is 0 Å². The number of amides is 1. The lowest BCUT2D eigenvalue weighted by Crippen LogP contribution is -2.45. The van der Waals surface area contributed by atoms with Crippen LogP contribution in [-0.4, -0.2) is 50.3 Å². The number of piperidine rings is 1. The van der Waals surface area contributed by atoms with Gasteiger partial charge in [0.05, 0.1) is 15.5 Å². The third-order valence-corrected chi connectivity index (χ3v) is 8.72. The van der Waals surface area contributed by atoms with Gasteiger partial charge in [-0.05, 0) is 49.3 Å². The van der Waals surface area contributed by atoms with Gasteiger partial charge in [-0.1, -0.05) is 44.7 Å². The number of carbonyl (C=O) groups excluding carboxylic acids is 2. The van der Waals surface area contributed by atoms with Gasteiger partial charge in [-0.2, -0.15) is 4.31 Å². The van der Waals surface area contributed by atoms with Crippen molar-refractivity contribution in [2.24, 2.45) is 11.8 Å². The van der Waals surface area contributed by atoms with Gasteiger partial charge < -0.3 is 10.1 Å². The molecule has 31 heavy (non-hydrogen) atoms. The standard InChI is InChI=1S/C22H31ClN2O5S/c1-15-7-6-8-20(16(15)2)24-21(26)14-30-22(27)18-13-17(9-10-19(18)23)31(28,29)25-11-4-3-5-12-25/h9-10,13,15-16,20H,3-8,11-12,14H2,1-2H3,(H,24,26)/t15-,16-,20+/m1/s1. The van der Waals surface area contributed by atoms with Crippen molar-refractivity contribution in [2.45, 2.75) is 63.3 Å². The topological polar surface area (TPSA) is 92.8 Å². The molecule has 0 bridgehead atoms. The Kier molecular flexibility index (Phi) is 7.99. The van der Waals surface area contributed by atoms with Gasteiger partial charge in [0.1, 0.15) is 0 Å². The molecule has 3 rings (SSSR count). The van der Waals surface area contributed by atoms with Gasteiger partial charge in [-0.15, -0.1) is 0 Å². The summed E-state index contributed by atoms with van der Waals surface area (Å²) in [6, 6.07) is 4.07. The van der Waals surface area contributed by atoms with E-state index in [1.807, 2.05) is 0 Å². The summed E-state index contributed by atoms with van der Waals surface area (Å²) in [4.78, 5) is 24.8. The average Bonchev–Trinajstić information content (AvgIpc) is 2.76. The van der Waals surface area contributed by atoms with Crippen LogP contribution in [0, 0.1) is 11.8 Å². The van der Waals surface area contributed by atoms with Crippen molar-refractivity contribution in [1.82, 2.24) is 9.62 Å². The minimum atomic E-state index is -3.71. The molecule has 1 aromatic rings. The highest BCUT2D eigenvalue weighted by Gasteiger charge is 2.29. The molecule has 2 fully saturated rings. The summed E-state index contributed by atoms with van der Waals surface area (Å²) in [7, 11) is -3.71. The normalized spacial score (nSPS) is 25.1. The third-order valence-electron chi connectivity index (χ3n) is 6.50. The summed E-state index contributed by atoms with van der Waals surface area (Å²) < 4.78 is 32.3. The maximum Gasteiger partial charge on any atom is 0.340 e. The average molecular weight is 471 g/mol. The third kappa shape index (κ3) is 5.79. The maximum atomic E-state index is 12.9. The van der Waals surface area contributed by atoms with Crippen molar-refractivity contribution in [3.05, 3.63) is 28.8 Å². The fourth-order valence-corrected chi connectivity index (χ4v) is 6.06. The number of halogens is 1. The Bertz CT molecular complexity index is 914. The number of esters is 1. The molecule has 7 nitrogen and oxygen atoms in total. The van der Waals surface area contributed by atoms with Crippen LogP contribution in [0.4, 0.5) is 0 Å². The first kappa shape index (κ1) is 24.0. The molecule has 2 aliphatic rings. The highest BCUT2D eigenvalue weighted by molar-refractivity contribution is 7.89. The van der Waals surface area contributed by atoms with Crippen LogP contribution in [0.25, 0.3) is 0 Å². The molecule has 0 radical (unpaired) electrons. The van der Waals surface area contributed by atoms with Crippen molar-refractivity contribution < 1.29 is 22.7 Å². The molecule has 3 atom stereocenters. The number of ether oxygens (including phenoxy) is 1. The van der Waals surface area contributed by atoms with Crippen molar-refractivity contribution in [2.75, 3.05) is 19.7 Å². The largest absolute Gasteiger partial charge is 0.452 e. The number of rotatable bonds is 6. The van der Waals surface area contributed by atoms with Crippen LogP contribution in [0.2, 0.25) is 5.02 Å². The Morgan fingerprint density at radius 3 is 2.55 bits per heavy atom. The summed E-state index contributed by atoms with van der Waals surface area (Å²) in [6.07, 6.45) is 5.75. The smallest absolute Gasteiger partial charge is 0.340 e. The molecule has 1 aromatic carbocycles. The summed E-state index contributed by atoms with van der Waals surface area (Å²) in [6.45, 7) is 4.78. The Morgan fingerprint density at radius 2 is 1.84 bits per heavy atom. The van der Waals surface area contributed by atoms with Crippen LogP contribution in [0.1, 0.15) is 62.7 Å². The summed E-state index contributed by atoms with van der Waals surface area (Å²) in [5.41, 5.74) is -0.0628. The van der Waals surface area contributed by atoms with Crippen molar-refractivity contribution in [3.8, 4) is 0 Å². The molecule has 172 valence electrons. The van der Waals surface area contributed by atoms with E-state index in [4.69, 9.17) is 16.3 Å². The number of sulfonamides is 1. The zero-order valence-electron chi connectivity index (χ0n) is 18.1. The maximum absolute atomic E-state index is 12.9. The van der Waals surface area contributed by atoms with Crippen LogP contribution in [-0.2, 0) is 19.6 Å². The quantitative estimate of drug-likeness (QED) is 0.641. The monoisotopic (exact) mass is 470 g/mol. The molecule has 1 N–H and O–H groups in total. The van der Waals surface area contributed by atoms with Gasteiger partial charge in [0, 0.05) is 19.1 Å². The second-order valence-corrected chi connectivity index (χ2v) is 11.0. The van der Waals surface area contributed by atoms with Crippen LogP contribution < -0.4 is 5.32 Å². The molecule has 1 saturated carbocycles. The Hall–Kier alpha value is -1.64. The van der Waals surface area contributed by atoms with E-state index in [1.165, 1.54) is 22.5 Å². The van der Waals surface area contributed by atoms with E-state index in [-0.39, 0.29) is 27.4 Å². The lowest BCUT2D eigenvalue weighted by molar-refractivity contribution is -0.125. The number of benzene rings is 1. The fraction of sp³-hybridized carbons (Fsp3) is 0.636. The van der Waals surface area contributed by atoms with Gasteiger partial charge in [0.2, 0.25) is 10.0 Å². The minimum Gasteiger partial charge on any atom is -0.452 e. The van der Waals surface area contributed by atoms with E-state index in [0.29, 0.717) is 24.9 Å². The Balaban J connectivity index is 1.63. The molecule has 1 heterocycles. The van der Waals surface area contributed by atoms with Gasteiger partial charge in [0.15, 0.2) is 6.61 Å². The second kappa shape index (κ2) is 10.3. The summed E-state index contributed by atoms with van der Waals surface area (Å²) in [5.74, 6) is -0.294. The SMILES string of the molecule is C[C@@H]1[C@H](C)CCC[C@@H]1NC(=O)COC(=O)c1cc(S(=O)(=O)N2CCCCC2)ccc1Cl. The molecule has 0 aromatic heterocycles. The fourth-order valence-electron chi connectivity index (χ4n) is 4.32. The summed E-state index contributed by atoms with van der Waals surface area (Å²) in [5, 5.41) is 3.03. The van der Waals surface area contributed by atoms with Crippen LogP contribution in [0.3, 0.4) is 0 Å². The second-order valence-electron chi connectivity index (χ2n) is 8.62. The zero-order valence-corrected chi connectivity index (χ0v) is 19.7. The van der Waals surface area contributed by atoms with E-state index in [9.17, 15) is 18.0 Å². The minimum absolute atomic E-state index is 0.000203.